The fourth-order valence-corrected chi connectivity index (χ4v) is 2.82. The molecule has 22 heavy (non-hydrogen) atoms. The van der Waals surface area contributed by atoms with Crippen molar-refractivity contribution in [3.8, 4) is 0 Å². The molecule has 0 spiro atoms. The molecule has 1 atom stereocenters. The van der Waals surface area contributed by atoms with E-state index in [0.717, 1.165) is 0 Å². The van der Waals surface area contributed by atoms with E-state index < -0.39 is 0 Å². The van der Waals surface area contributed by atoms with Crippen molar-refractivity contribution in [2.24, 2.45) is 0 Å². The van der Waals surface area contributed by atoms with Crippen molar-refractivity contribution in [3.63, 3.8) is 0 Å². The molecule has 1 aromatic rings. The molecule has 1 heterocycles. The fourth-order valence-electron chi connectivity index (χ4n) is 2.82. The lowest BCUT2D eigenvalue weighted by Crippen LogP contribution is -2.44. The van der Waals surface area contributed by atoms with Gasteiger partial charge in [-0.2, -0.15) is 0 Å². The van der Waals surface area contributed by atoms with Crippen molar-refractivity contribution in [2.75, 3.05) is 33.4 Å². The second-order valence-electron chi connectivity index (χ2n) is 5.98. The SMILES string of the molecule is Cc1cc(C)c(CNC(=O)N(C)C[C@H]2COCCO2)c(C)c1. The highest BCUT2D eigenvalue weighted by Gasteiger charge is 2.19. The molecule has 5 heteroatoms. The van der Waals surface area contributed by atoms with Crippen molar-refractivity contribution in [2.45, 2.75) is 33.4 Å². The van der Waals surface area contributed by atoms with Crippen LogP contribution in [0.1, 0.15) is 22.3 Å². The summed E-state index contributed by atoms with van der Waals surface area (Å²) in [5.74, 6) is 0. The van der Waals surface area contributed by atoms with Crippen molar-refractivity contribution in [1.29, 1.82) is 0 Å². The van der Waals surface area contributed by atoms with Crippen LogP contribution < -0.4 is 5.32 Å². The van der Waals surface area contributed by atoms with E-state index in [-0.39, 0.29) is 12.1 Å². The number of carbonyl (C=O) groups is 1. The van der Waals surface area contributed by atoms with Crippen LogP contribution >= 0.6 is 0 Å². The molecule has 2 amide bonds. The van der Waals surface area contributed by atoms with Crippen LogP contribution in [0, 0.1) is 20.8 Å². The van der Waals surface area contributed by atoms with Crippen molar-refractivity contribution >= 4 is 6.03 Å². The van der Waals surface area contributed by atoms with Gasteiger partial charge in [0, 0.05) is 13.6 Å². The van der Waals surface area contributed by atoms with E-state index in [2.05, 4.69) is 38.2 Å². The number of aryl methyl sites for hydroxylation is 3. The van der Waals surface area contributed by atoms with Gasteiger partial charge in [0.2, 0.25) is 0 Å². The molecule has 5 nitrogen and oxygen atoms in total. The molecule has 1 saturated heterocycles. The fraction of sp³-hybridized carbons (Fsp3) is 0.588. The molecule has 1 aromatic carbocycles. The quantitative estimate of drug-likeness (QED) is 0.927. The van der Waals surface area contributed by atoms with Gasteiger partial charge in [0.15, 0.2) is 0 Å². The molecule has 1 fully saturated rings. The lowest BCUT2D eigenvalue weighted by molar-refractivity contribution is -0.0928. The smallest absolute Gasteiger partial charge is 0.317 e. The van der Waals surface area contributed by atoms with Crippen LogP contribution in [0.5, 0.6) is 0 Å². The van der Waals surface area contributed by atoms with Gasteiger partial charge >= 0.3 is 6.03 Å². The Bertz CT molecular complexity index is 502. The van der Waals surface area contributed by atoms with E-state index >= 15 is 0 Å². The molecule has 0 saturated carbocycles. The normalized spacial score (nSPS) is 18.1. The first kappa shape index (κ1) is 16.8. The van der Waals surface area contributed by atoms with E-state index in [0.29, 0.717) is 32.9 Å². The molecule has 0 bridgehead atoms. The van der Waals surface area contributed by atoms with Gasteiger partial charge in [0.25, 0.3) is 0 Å². The maximum atomic E-state index is 12.2. The molecule has 0 radical (unpaired) electrons. The van der Waals surface area contributed by atoms with Crippen molar-refractivity contribution in [3.05, 3.63) is 34.4 Å². The van der Waals surface area contributed by atoms with E-state index in [4.69, 9.17) is 9.47 Å². The van der Waals surface area contributed by atoms with Gasteiger partial charge in [-0.1, -0.05) is 17.7 Å². The minimum atomic E-state index is -0.0893. The zero-order valence-electron chi connectivity index (χ0n) is 13.9. The molecule has 2 rings (SSSR count). The number of amides is 2. The summed E-state index contributed by atoms with van der Waals surface area (Å²) in [6.45, 7) is 9.12. The first-order valence-electron chi connectivity index (χ1n) is 7.72. The number of carbonyl (C=O) groups excluding carboxylic acids is 1. The number of nitrogens with one attached hydrogen (secondary N) is 1. The van der Waals surface area contributed by atoms with Gasteiger partial charge in [-0.15, -0.1) is 0 Å². The van der Waals surface area contributed by atoms with Gasteiger partial charge < -0.3 is 19.7 Å². The molecular weight excluding hydrogens is 280 g/mol. The van der Waals surface area contributed by atoms with Crippen molar-refractivity contribution in [1.82, 2.24) is 10.2 Å². The van der Waals surface area contributed by atoms with Gasteiger partial charge in [0.05, 0.1) is 32.5 Å². The van der Waals surface area contributed by atoms with Gasteiger partial charge in [-0.3, -0.25) is 0 Å². The average Bonchev–Trinajstić information content (AvgIpc) is 2.46. The van der Waals surface area contributed by atoms with Crippen LogP contribution in [0.4, 0.5) is 4.79 Å². The Kier molecular flexibility index (Phi) is 5.80. The van der Waals surface area contributed by atoms with Crippen LogP contribution in [0.2, 0.25) is 0 Å². The Morgan fingerprint density at radius 3 is 2.55 bits per heavy atom. The van der Waals surface area contributed by atoms with E-state index in [1.807, 2.05) is 0 Å². The topological polar surface area (TPSA) is 50.8 Å². The highest BCUT2D eigenvalue weighted by Crippen LogP contribution is 2.16. The Morgan fingerprint density at radius 2 is 1.95 bits per heavy atom. The van der Waals surface area contributed by atoms with Gasteiger partial charge in [-0.25, -0.2) is 4.79 Å². The molecule has 1 aliphatic rings. The van der Waals surface area contributed by atoms with Crippen molar-refractivity contribution < 1.29 is 14.3 Å². The Morgan fingerprint density at radius 1 is 1.27 bits per heavy atom. The van der Waals surface area contributed by atoms with Crippen LogP contribution in [0.15, 0.2) is 12.1 Å². The van der Waals surface area contributed by atoms with Crippen LogP contribution in [0.3, 0.4) is 0 Å². The predicted molar refractivity (Wildman–Crippen MR) is 86.1 cm³/mol. The minimum Gasteiger partial charge on any atom is -0.376 e. The minimum absolute atomic E-state index is 0.0349. The number of ether oxygens (including phenoxy) is 2. The first-order chi connectivity index (χ1) is 10.5. The van der Waals surface area contributed by atoms with Crippen LogP contribution in [0.25, 0.3) is 0 Å². The largest absolute Gasteiger partial charge is 0.376 e. The number of likely N-dealkylation sites (N-methyl/N-ethyl adjacent to an activating group) is 1. The maximum Gasteiger partial charge on any atom is 0.317 e. The van der Waals surface area contributed by atoms with E-state index in [1.54, 1.807) is 11.9 Å². The highest BCUT2D eigenvalue weighted by molar-refractivity contribution is 5.74. The average molecular weight is 306 g/mol. The van der Waals surface area contributed by atoms with Gasteiger partial charge in [-0.05, 0) is 37.5 Å². The molecular formula is C17H26N2O3. The summed E-state index contributed by atoms with van der Waals surface area (Å²) in [5.41, 5.74) is 4.86. The monoisotopic (exact) mass is 306 g/mol. The molecule has 122 valence electrons. The molecule has 1 N–H and O–H groups in total. The molecule has 1 aliphatic heterocycles. The summed E-state index contributed by atoms with van der Waals surface area (Å²) < 4.78 is 10.9. The summed E-state index contributed by atoms with van der Waals surface area (Å²) in [5, 5.41) is 2.98. The zero-order chi connectivity index (χ0) is 16.1. The molecule has 0 unspecified atom stereocenters. The number of urea groups is 1. The first-order valence-corrected chi connectivity index (χ1v) is 7.72. The Labute approximate surface area is 132 Å². The summed E-state index contributed by atoms with van der Waals surface area (Å²) in [4.78, 5) is 13.8. The number of hydrogen-bond donors (Lipinski definition) is 1. The maximum absolute atomic E-state index is 12.2. The predicted octanol–water partition coefficient (Wildman–Crippen LogP) is 2.17. The number of benzene rings is 1. The Hall–Kier alpha value is -1.59. The number of rotatable bonds is 4. The zero-order valence-corrected chi connectivity index (χ0v) is 13.9. The van der Waals surface area contributed by atoms with Crippen LogP contribution in [-0.2, 0) is 16.0 Å². The Balaban J connectivity index is 1.86. The third-order valence-electron chi connectivity index (χ3n) is 3.97. The van der Waals surface area contributed by atoms with Gasteiger partial charge in [0.1, 0.15) is 0 Å². The number of nitrogens with zero attached hydrogens (tertiary/aromatic N) is 1. The lowest BCUT2D eigenvalue weighted by Gasteiger charge is -2.27. The molecule has 0 aromatic heterocycles. The summed E-state index contributed by atoms with van der Waals surface area (Å²) in [7, 11) is 1.78. The molecule has 0 aliphatic carbocycles. The lowest BCUT2D eigenvalue weighted by atomic mass is 10.00. The standard InChI is InChI=1S/C17H26N2O3/c1-12-7-13(2)16(14(3)8-12)9-18-17(20)19(4)10-15-11-21-5-6-22-15/h7-8,15H,5-6,9-11H2,1-4H3,(H,18,20)/t15-/m0/s1. The number of hydrogen-bond acceptors (Lipinski definition) is 3. The summed E-state index contributed by atoms with van der Waals surface area (Å²) >= 11 is 0. The third-order valence-corrected chi connectivity index (χ3v) is 3.97. The summed E-state index contributed by atoms with van der Waals surface area (Å²) in [6, 6.07) is 4.20. The van der Waals surface area contributed by atoms with E-state index in [9.17, 15) is 4.79 Å². The highest BCUT2D eigenvalue weighted by atomic mass is 16.6. The second-order valence-corrected chi connectivity index (χ2v) is 5.98. The summed E-state index contributed by atoms with van der Waals surface area (Å²) in [6.07, 6.45) is -0.0349. The third kappa shape index (κ3) is 4.45. The second kappa shape index (κ2) is 7.61. The van der Waals surface area contributed by atoms with E-state index in [1.165, 1.54) is 22.3 Å². The van der Waals surface area contributed by atoms with Crippen LogP contribution in [-0.4, -0.2) is 50.4 Å².